The van der Waals surface area contributed by atoms with E-state index in [-0.39, 0.29) is 37.7 Å². The number of carbonyl (C=O) groups is 2. The highest BCUT2D eigenvalue weighted by Gasteiger charge is 2.20. The van der Waals surface area contributed by atoms with Crippen molar-refractivity contribution in [3.05, 3.63) is 0 Å². The van der Waals surface area contributed by atoms with Crippen LogP contribution in [0.4, 0.5) is 0 Å². The summed E-state index contributed by atoms with van der Waals surface area (Å²) >= 11 is 0. The van der Waals surface area contributed by atoms with Crippen LogP contribution in [-0.4, -0.2) is 46.4 Å². The second kappa shape index (κ2) is 33.0. The molecule has 0 aliphatic heterocycles. The first-order chi connectivity index (χ1) is 23.1. The van der Waals surface area contributed by atoms with Gasteiger partial charge in [0.1, 0.15) is 0 Å². The highest BCUT2D eigenvalue weighted by molar-refractivity contribution is 7.85. The summed E-state index contributed by atoms with van der Waals surface area (Å²) in [6, 6.07) is 0. The summed E-state index contributed by atoms with van der Waals surface area (Å²) in [6.45, 7) is 9.46. The molecule has 0 N–H and O–H groups in total. The molecule has 0 rings (SSSR count). The van der Waals surface area contributed by atoms with Gasteiger partial charge >= 0.3 is 11.9 Å². The Balaban J connectivity index is 5.11. The van der Waals surface area contributed by atoms with E-state index in [0.717, 1.165) is 51.2 Å². The van der Waals surface area contributed by atoms with E-state index in [1.807, 2.05) is 0 Å². The minimum Gasteiger partial charge on any atom is -0.465 e. The zero-order valence-electron chi connectivity index (χ0n) is 32.2. The summed E-state index contributed by atoms with van der Waals surface area (Å²) in [5, 5.41) is 0. The van der Waals surface area contributed by atoms with Gasteiger partial charge in [-0.2, -0.15) is 8.42 Å². The molecule has 0 aliphatic carbocycles. The van der Waals surface area contributed by atoms with Crippen LogP contribution in [0, 0.1) is 17.8 Å². The van der Waals surface area contributed by atoms with Crippen LogP contribution in [0.1, 0.15) is 201 Å². The van der Waals surface area contributed by atoms with Crippen molar-refractivity contribution in [2.75, 3.05) is 26.1 Å². The molecule has 2 unspecified atom stereocenters. The van der Waals surface area contributed by atoms with Crippen molar-refractivity contribution in [3.63, 3.8) is 0 Å². The van der Waals surface area contributed by atoms with Crippen LogP contribution in [0.3, 0.4) is 0 Å². The average Bonchev–Trinajstić information content (AvgIpc) is 3.04. The fourth-order valence-corrected chi connectivity index (χ4v) is 6.88. The molecule has 0 saturated carbocycles. The average molecular weight is 703 g/mol. The van der Waals surface area contributed by atoms with Crippen LogP contribution < -0.4 is 0 Å². The molecular formula is C40H78O7S. The zero-order chi connectivity index (χ0) is 35.7. The molecule has 0 amide bonds. The molecular weight excluding hydrogens is 624 g/mol. The summed E-state index contributed by atoms with van der Waals surface area (Å²) < 4.78 is 39.2. The minimum absolute atomic E-state index is 0.120. The van der Waals surface area contributed by atoms with Gasteiger partial charge in [-0.3, -0.25) is 13.8 Å². The third-order valence-corrected chi connectivity index (χ3v) is 10.1. The Morgan fingerprint density at radius 1 is 0.458 bits per heavy atom. The van der Waals surface area contributed by atoms with E-state index >= 15 is 0 Å². The largest absolute Gasteiger partial charge is 0.465 e. The van der Waals surface area contributed by atoms with Gasteiger partial charge in [-0.15, -0.1) is 0 Å². The van der Waals surface area contributed by atoms with E-state index in [4.69, 9.17) is 13.7 Å². The lowest BCUT2D eigenvalue weighted by Gasteiger charge is -2.21. The van der Waals surface area contributed by atoms with Crippen molar-refractivity contribution in [1.82, 2.24) is 0 Å². The lowest BCUT2D eigenvalue weighted by atomic mass is 9.91. The van der Waals surface area contributed by atoms with Gasteiger partial charge < -0.3 is 9.47 Å². The van der Waals surface area contributed by atoms with Crippen molar-refractivity contribution < 1.29 is 31.7 Å². The third-order valence-electron chi connectivity index (χ3n) is 9.54. The SMILES string of the molecule is CCCCCCCCC(CCCCCC)CC(=O)OCC(CCCCOS(C)(=O)=O)COC(=O)CC(CCCCCC)CCCCCC. The van der Waals surface area contributed by atoms with Crippen LogP contribution >= 0.6 is 0 Å². The maximum atomic E-state index is 13.1. The fraction of sp³-hybridized carbons (Fsp3) is 0.950. The van der Waals surface area contributed by atoms with Crippen LogP contribution in [0.25, 0.3) is 0 Å². The number of rotatable bonds is 36. The Bertz CT molecular complexity index is 833. The highest BCUT2D eigenvalue weighted by atomic mass is 32.2. The molecule has 7 nitrogen and oxygen atoms in total. The third kappa shape index (κ3) is 32.1. The molecule has 0 fully saturated rings. The molecule has 48 heavy (non-hydrogen) atoms. The van der Waals surface area contributed by atoms with Crippen molar-refractivity contribution in [1.29, 1.82) is 0 Å². The minimum atomic E-state index is -3.47. The maximum absolute atomic E-state index is 13.1. The molecule has 0 radical (unpaired) electrons. The predicted octanol–water partition coefficient (Wildman–Crippen LogP) is 11.5. The number of unbranched alkanes of at least 4 members (excludes halogenated alkanes) is 15. The van der Waals surface area contributed by atoms with E-state index in [1.165, 1.54) is 96.3 Å². The Hall–Kier alpha value is -1.15. The van der Waals surface area contributed by atoms with Gasteiger partial charge in [0.25, 0.3) is 10.1 Å². The van der Waals surface area contributed by atoms with Gasteiger partial charge in [0.15, 0.2) is 0 Å². The second-order valence-electron chi connectivity index (χ2n) is 14.5. The smallest absolute Gasteiger partial charge is 0.306 e. The topological polar surface area (TPSA) is 96.0 Å². The van der Waals surface area contributed by atoms with E-state index in [1.54, 1.807) is 0 Å². The summed E-state index contributed by atoms with van der Waals surface area (Å²) in [4.78, 5) is 26.1. The summed E-state index contributed by atoms with van der Waals surface area (Å²) in [5.41, 5.74) is 0. The predicted molar refractivity (Wildman–Crippen MR) is 201 cm³/mol. The fourth-order valence-electron chi connectivity index (χ4n) is 6.46. The van der Waals surface area contributed by atoms with Gasteiger partial charge in [-0.25, -0.2) is 0 Å². The molecule has 0 spiro atoms. The molecule has 2 atom stereocenters. The Morgan fingerprint density at radius 2 is 0.771 bits per heavy atom. The van der Waals surface area contributed by atoms with Crippen LogP contribution in [-0.2, 0) is 33.4 Å². The number of hydrogen-bond donors (Lipinski definition) is 0. The molecule has 0 aromatic rings. The quantitative estimate of drug-likeness (QED) is 0.0364. The lowest BCUT2D eigenvalue weighted by Crippen LogP contribution is -2.23. The molecule has 0 aliphatic rings. The van der Waals surface area contributed by atoms with E-state index in [9.17, 15) is 18.0 Å². The van der Waals surface area contributed by atoms with Crippen molar-refractivity contribution in [3.8, 4) is 0 Å². The Labute approximate surface area is 297 Å². The number of carbonyl (C=O) groups excluding carboxylic acids is 2. The Morgan fingerprint density at radius 3 is 1.15 bits per heavy atom. The van der Waals surface area contributed by atoms with Crippen molar-refractivity contribution >= 4 is 22.1 Å². The standard InChI is InChI=1S/C40H78O7S/c1-6-10-14-18-19-23-29-37(28-22-17-13-9-4)33-40(42)46-35-38(30-24-25-31-47-48(5,43)44)34-45-39(41)32-36(26-20-15-11-7-2)27-21-16-12-8-3/h36-38H,6-35H2,1-5H3. The van der Waals surface area contributed by atoms with Gasteiger partial charge in [0.05, 0.1) is 26.1 Å². The van der Waals surface area contributed by atoms with Gasteiger partial charge in [-0.05, 0) is 50.4 Å². The molecule has 8 heteroatoms. The molecule has 286 valence electrons. The lowest BCUT2D eigenvalue weighted by molar-refractivity contribution is -0.150. The molecule has 0 aromatic heterocycles. The van der Waals surface area contributed by atoms with Crippen LogP contribution in [0.2, 0.25) is 0 Å². The van der Waals surface area contributed by atoms with Crippen LogP contribution in [0.5, 0.6) is 0 Å². The summed E-state index contributed by atoms with van der Waals surface area (Å²) in [5.74, 6) is 0.282. The number of hydrogen-bond acceptors (Lipinski definition) is 7. The highest BCUT2D eigenvalue weighted by Crippen LogP contribution is 2.24. The van der Waals surface area contributed by atoms with E-state index in [0.29, 0.717) is 43.9 Å². The zero-order valence-corrected chi connectivity index (χ0v) is 33.0. The second-order valence-corrected chi connectivity index (χ2v) is 16.1. The summed E-state index contributed by atoms with van der Waals surface area (Å²) in [6.07, 6.45) is 30.1. The van der Waals surface area contributed by atoms with Gasteiger partial charge in [0, 0.05) is 18.8 Å². The van der Waals surface area contributed by atoms with E-state index < -0.39 is 10.1 Å². The molecule has 0 heterocycles. The normalized spacial score (nSPS) is 13.1. The van der Waals surface area contributed by atoms with E-state index in [2.05, 4.69) is 27.7 Å². The number of esters is 2. The van der Waals surface area contributed by atoms with Crippen LogP contribution in [0.15, 0.2) is 0 Å². The molecule has 0 aromatic carbocycles. The monoisotopic (exact) mass is 703 g/mol. The van der Waals surface area contributed by atoms with Gasteiger partial charge in [0.2, 0.25) is 0 Å². The molecule has 0 saturated heterocycles. The number of ether oxygens (including phenoxy) is 2. The van der Waals surface area contributed by atoms with Crippen molar-refractivity contribution in [2.24, 2.45) is 17.8 Å². The maximum Gasteiger partial charge on any atom is 0.306 e. The van der Waals surface area contributed by atoms with Gasteiger partial charge in [-0.1, -0.05) is 150 Å². The summed E-state index contributed by atoms with van der Waals surface area (Å²) in [7, 11) is -3.47. The first-order valence-corrected chi connectivity index (χ1v) is 22.1. The first kappa shape index (κ1) is 46.9. The first-order valence-electron chi connectivity index (χ1n) is 20.3. The van der Waals surface area contributed by atoms with Crippen molar-refractivity contribution in [2.45, 2.75) is 201 Å². The Kier molecular flexibility index (Phi) is 32.2. The molecule has 0 bridgehead atoms.